The third-order valence-corrected chi connectivity index (χ3v) is 3.86. The summed E-state index contributed by atoms with van der Waals surface area (Å²) in [7, 11) is 2.15. The molecule has 0 radical (unpaired) electrons. The summed E-state index contributed by atoms with van der Waals surface area (Å²) in [6.07, 6.45) is 1.15. The first-order chi connectivity index (χ1) is 9.22. The molecule has 1 N–H and O–H groups in total. The Bertz CT molecular complexity index is 578. The van der Waals surface area contributed by atoms with E-state index in [0.29, 0.717) is 0 Å². The van der Waals surface area contributed by atoms with Crippen LogP contribution in [0.5, 0.6) is 0 Å². The van der Waals surface area contributed by atoms with E-state index in [4.69, 9.17) is 11.6 Å². The molecule has 2 aromatic carbocycles. The van der Waals surface area contributed by atoms with Gasteiger partial charge < -0.3 is 10.2 Å². The molecule has 2 aromatic rings. The fraction of sp³-hybridized carbons (Fsp3) is 0.250. The third kappa shape index (κ3) is 2.69. The quantitative estimate of drug-likeness (QED) is 0.910. The van der Waals surface area contributed by atoms with Crippen molar-refractivity contribution in [3.05, 3.63) is 58.6 Å². The summed E-state index contributed by atoms with van der Waals surface area (Å²) >= 11 is 5.87. The number of anilines is 2. The highest BCUT2D eigenvalue weighted by molar-refractivity contribution is 6.30. The molecule has 2 nitrogen and oxygen atoms in total. The monoisotopic (exact) mass is 272 g/mol. The van der Waals surface area contributed by atoms with E-state index < -0.39 is 0 Å². The predicted octanol–water partition coefficient (Wildman–Crippen LogP) is 3.94. The maximum atomic E-state index is 5.87. The lowest BCUT2D eigenvalue weighted by atomic mass is 10.1. The molecular formula is C16H17ClN2. The number of nitrogens with one attached hydrogen (secondary N) is 1. The van der Waals surface area contributed by atoms with Gasteiger partial charge in [0, 0.05) is 36.5 Å². The number of hydrogen-bond acceptors (Lipinski definition) is 2. The number of fused-ring (bicyclic) bond motifs is 1. The van der Waals surface area contributed by atoms with Crippen LogP contribution in [0.3, 0.4) is 0 Å². The molecule has 1 aliphatic rings. The molecule has 1 aliphatic heterocycles. The highest BCUT2D eigenvalue weighted by Gasteiger charge is 2.15. The fourth-order valence-electron chi connectivity index (χ4n) is 2.50. The first kappa shape index (κ1) is 12.4. The van der Waals surface area contributed by atoms with E-state index in [1.165, 1.54) is 16.8 Å². The second-order valence-corrected chi connectivity index (χ2v) is 5.43. The van der Waals surface area contributed by atoms with Gasteiger partial charge in [-0.1, -0.05) is 23.7 Å². The number of benzene rings is 2. The summed E-state index contributed by atoms with van der Waals surface area (Å²) in [6, 6.07) is 14.5. The van der Waals surface area contributed by atoms with Crippen LogP contribution in [-0.4, -0.2) is 13.6 Å². The molecule has 3 heteroatoms. The van der Waals surface area contributed by atoms with Crippen molar-refractivity contribution in [2.24, 2.45) is 0 Å². The number of hydrogen-bond donors (Lipinski definition) is 1. The Morgan fingerprint density at radius 2 is 1.95 bits per heavy atom. The highest BCUT2D eigenvalue weighted by Crippen LogP contribution is 2.27. The Hall–Kier alpha value is -1.67. The number of rotatable bonds is 3. The van der Waals surface area contributed by atoms with Crippen molar-refractivity contribution in [2.45, 2.75) is 13.0 Å². The second kappa shape index (κ2) is 5.14. The van der Waals surface area contributed by atoms with Gasteiger partial charge in [0.2, 0.25) is 0 Å². The van der Waals surface area contributed by atoms with Crippen molar-refractivity contribution < 1.29 is 0 Å². The summed E-state index contributed by atoms with van der Waals surface area (Å²) < 4.78 is 0. The number of nitrogens with zero attached hydrogens (tertiary/aromatic N) is 1. The minimum Gasteiger partial charge on any atom is -0.381 e. The predicted molar refractivity (Wildman–Crippen MR) is 82.2 cm³/mol. The Balaban J connectivity index is 1.69. The fourth-order valence-corrected chi connectivity index (χ4v) is 2.63. The van der Waals surface area contributed by atoms with Gasteiger partial charge in [-0.2, -0.15) is 0 Å². The zero-order valence-electron chi connectivity index (χ0n) is 11.0. The average Bonchev–Trinajstić information content (AvgIpc) is 2.79. The van der Waals surface area contributed by atoms with Gasteiger partial charge in [0.1, 0.15) is 0 Å². The van der Waals surface area contributed by atoms with Crippen LogP contribution in [0.4, 0.5) is 11.4 Å². The Kier molecular flexibility index (Phi) is 3.34. The van der Waals surface area contributed by atoms with Crippen LogP contribution in [0, 0.1) is 0 Å². The molecule has 0 saturated heterocycles. The molecule has 0 saturated carbocycles. The van der Waals surface area contributed by atoms with Gasteiger partial charge in [-0.3, -0.25) is 0 Å². The maximum Gasteiger partial charge on any atom is 0.0407 e. The smallest absolute Gasteiger partial charge is 0.0407 e. The van der Waals surface area contributed by atoms with E-state index in [1.54, 1.807) is 0 Å². The van der Waals surface area contributed by atoms with Crippen molar-refractivity contribution in [3.8, 4) is 0 Å². The van der Waals surface area contributed by atoms with Crippen LogP contribution >= 0.6 is 11.6 Å². The van der Waals surface area contributed by atoms with Gasteiger partial charge in [0.15, 0.2) is 0 Å². The molecule has 0 aromatic heterocycles. The van der Waals surface area contributed by atoms with E-state index in [9.17, 15) is 0 Å². The van der Waals surface area contributed by atoms with Crippen LogP contribution in [0.15, 0.2) is 42.5 Å². The first-order valence-corrected chi connectivity index (χ1v) is 6.92. The minimum atomic E-state index is 0.770. The molecule has 0 unspecified atom stereocenters. The van der Waals surface area contributed by atoms with Gasteiger partial charge >= 0.3 is 0 Å². The van der Waals surface area contributed by atoms with Crippen molar-refractivity contribution in [3.63, 3.8) is 0 Å². The summed E-state index contributed by atoms with van der Waals surface area (Å²) in [4.78, 5) is 2.31. The molecule has 0 amide bonds. The number of halogens is 1. The van der Waals surface area contributed by atoms with E-state index in [2.05, 4.69) is 35.5 Å². The summed E-state index contributed by atoms with van der Waals surface area (Å²) in [5.74, 6) is 0. The van der Waals surface area contributed by atoms with Crippen LogP contribution < -0.4 is 10.2 Å². The topological polar surface area (TPSA) is 15.3 Å². The van der Waals surface area contributed by atoms with Crippen LogP contribution in [0.2, 0.25) is 5.02 Å². The molecule has 0 spiro atoms. The van der Waals surface area contributed by atoms with Gasteiger partial charge in [-0.05, 0) is 47.9 Å². The van der Waals surface area contributed by atoms with E-state index in [0.717, 1.165) is 30.2 Å². The van der Waals surface area contributed by atoms with Crippen molar-refractivity contribution >= 4 is 23.0 Å². The zero-order valence-corrected chi connectivity index (χ0v) is 11.7. The molecule has 0 fully saturated rings. The lowest BCUT2D eigenvalue weighted by molar-refractivity contribution is 0.955. The maximum absolute atomic E-state index is 5.87. The van der Waals surface area contributed by atoms with Crippen molar-refractivity contribution in [1.82, 2.24) is 0 Å². The SMILES string of the molecule is CN1CCc2cc(CNc3ccc(Cl)cc3)ccc21. The normalized spacial score (nSPS) is 13.5. The number of likely N-dealkylation sites (N-methyl/N-ethyl adjacent to an activating group) is 1. The highest BCUT2D eigenvalue weighted by atomic mass is 35.5. The van der Waals surface area contributed by atoms with E-state index >= 15 is 0 Å². The molecule has 98 valence electrons. The molecule has 0 atom stereocenters. The first-order valence-electron chi connectivity index (χ1n) is 6.55. The van der Waals surface area contributed by atoms with Gasteiger partial charge in [-0.25, -0.2) is 0 Å². The van der Waals surface area contributed by atoms with Crippen molar-refractivity contribution in [1.29, 1.82) is 0 Å². The molecular weight excluding hydrogens is 256 g/mol. The average molecular weight is 273 g/mol. The van der Waals surface area contributed by atoms with Gasteiger partial charge in [0.05, 0.1) is 0 Å². The van der Waals surface area contributed by atoms with Crippen molar-refractivity contribution in [2.75, 3.05) is 23.8 Å². The Labute approximate surface area is 119 Å². The molecule has 3 rings (SSSR count). The lowest BCUT2D eigenvalue weighted by Crippen LogP contribution is -2.12. The standard InChI is InChI=1S/C16H17ClN2/c1-19-9-8-13-10-12(2-7-16(13)19)11-18-15-5-3-14(17)4-6-15/h2-7,10,18H,8-9,11H2,1H3. The summed E-state index contributed by atoms with van der Waals surface area (Å²) in [5.41, 5.74) is 5.25. The summed E-state index contributed by atoms with van der Waals surface area (Å²) in [6.45, 7) is 1.97. The second-order valence-electron chi connectivity index (χ2n) is 5.00. The van der Waals surface area contributed by atoms with Gasteiger partial charge in [-0.15, -0.1) is 0 Å². The zero-order chi connectivity index (χ0) is 13.2. The Morgan fingerprint density at radius 3 is 2.74 bits per heavy atom. The van der Waals surface area contributed by atoms with Crippen LogP contribution in [0.25, 0.3) is 0 Å². The van der Waals surface area contributed by atoms with Crippen LogP contribution in [-0.2, 0) is 13.0 Å². The lowest BCUT2D eigenvalue weighted by Gasteiger charge is -2.12. The molecule has 0 bridgehead atoms. The van der Waals surface area contributed by atoms with E-state index in [1.807, 2.05) is 24.3 Å². The Morgan fingerprint density at radius 1 is 1.16 bits per heavy atom. The largest absolute Gasteiger partial charge is 0.381 e. The van der Waals surface area contributed by atoms with Gasteiger partial charge in [0.25, 0.3) is 0 Å². The minimum absolute atomic E-state index is 0.770. The molecule has 19 heavy (non-hydrogen) atoms. The third-order valence-electron chi connectivity index (χ3n) is 3.61. The summed E-state index contributed by atoms with van der Waals surface area (Å²) in [5, 5.41) is 4.19. The van der Waals surface area contributed by atoms with Crippen LogP contribution in [0.1, 0.15) is 11.1 Å². The molecule has 1 heterocycles. The van der Waals surface area contributed by atoms with E-state index in [-0.39, 0.29) is 0 Å². The molecule has 0 aliphatic carbocycles.